The van der Waals surface area contributed by atoms with E-state index in [1.165, 1.54) is 38.5 Å². The van der Waals surface area contributed by atoms with Gasteiger partial charge in [0.05, 0.1) is 37.2 Å². The molecule has 0 aliphatic carbocycles. The minimum atomic E-state index is -10.7. The standard InChI is InChI=1S/C35H38N2O4.F6P/c1-37-33-10-4-2-8-31(33)35(32-9-3-5-11-34(32)37)28-14-16-29(17-15-28)36-20-22-39-23-24-40-25-26-41-30-18-12-27(13-19-30)7-6-21-38;1-7(2,3,4,5)6/h2-5,8-19,38H,6-7,20-26H2,1H3;/q;-1/p+1. The third-order valence-electron chi connectivity index (χ3n) is 7.23. The number of para-hydroxylation sites is 2. The summed E-state index contributed by atoms with van der Waals surface area (Å²) in [6.45, 7) is 3.65. The van der Waals surface area contributed by atoms with Crippen LogP contribution in [0.5, 0.6) is 5.75 Å². The van der Waals surface area contributed by atoms with Crippen LogP contribution in [0.15, 0.2) is 97.1 Å². The molecular formula is C35H39F6N2O4P. The number of ether oxygens (including phenoxy) is 3. The summed E-state index contributed by atoms with van der Waals surface area (Å²) in [5.74, 6) is 0.830. The molecule has 260 valence electrons. The summed E-state index contributed by atoms with van der Waals surface area (Å²) in [6, 6.07) is 33.8. The summed E-state index contributed by atoms with van der Waals surface area (Å²) in [6.07, 6.45) is 1.66. The zero-order chi connectivity index (χ0) is 34.7. The van der Waals surface area contributed by atoms with Crippen molar-refractivity contribution in [1.29, 1.82) is 0 Å². The Hall–Kier alpha value is -3.96. The number of anilines is 1. The van der Waals surface area contributed by atoms with Crippen molar-refractivity contribution in [1.82, 2.24) is 0 Å². The van der Waals surface area contributed by atoms with Gasteiger partial charge in [-0.05, 0) is 60.4 Å². The number of hydrogen-bond donors (Lipinski definition) is 2. The van der Waals surface area contributed by atoms with Gasteiger partial charge in [-0.15, -0.1) is 0 Å². The monoisotopic (exact) mass is 696 g/mol. The van der Waals surface area contributed by atoms with Gasteiger partial charge in [-0.25, -0.2) is 0 Å². The molecule has 0 bridgehead atoms. The van der Waals surface area contributed by atoms with Crippen molar-refractivity contribution in [3.8, 4) is 16.9 Å². The molecule has 1 heterocycles. The Labute approximate surface area is 275 Å². The van der Waals surface area contributed by atoms with Gasteiger partial charge in [0.25, 0.3) is 0 Å². The number of halogens is 6. The van der Waals surface area contributed by atoms with Gasteiger partial charge in [-0.1, -0.05) is 48.5 Å². The van der Waals surface area contributed by atoms with Crippen LogP contribution in [0.25, 0.3) is 32.9 Å². The first-order valence-electron chi connectivity index (χ1n) is 15.4. The fourth-order valence-electron chi connectivity index (χ4n) is 5.14. The van der Waals surface area contributed by atoms with Crippen molar-refractivity contribution in [2.75, 3.05) is 51.5 Å². The Morgan fingerprint density at radius 3 is 1.75 bits per heavy atom. The van der Waals surface area contributed by atoms with E-state index in [4.69, 9.17) is 19.3 Å². The second-order valence-corrected chi connectivity index (χ2v) is 12.9. The maximum absolute atomic E-state index is 10.7. The molecule has 0 aliphatic rings. The van der Waals surface area contributed by atoms with E-state index in [1.807, 2.05) is 24.3 Å². The van der Waals surface area contributed by atoms with Gasteiger partial charge in [-0.2, -0.15) is 4.57 Å². The number of fused-ring (bicyclic) bond motifs is 2. The predicted molar refractivity (Wildman–Crippen MR) is 179 cm³/mol. The van der Waals surface area contributed by atoms with Gasteiger partial charge in [0.2, 0.25) is 11.0 Å². The molecule has 5 rings (SSSR count). The van der Waals surface area contributed by atoms with E-state index in [9.17, 15) is 25.2 Å². The minimum absolute atomic E-state index is 0.216. The van der Waals surface area contributed by atoms with Crippen molar-refractivity contribution >= 4 is 35.3 Å². The molecule has 0 aliphatic heterocycles. The number of nitrogens with zero attached hydrogens (tertiary/aromatic N) is 1. The zero-order valence-corrected chi connectivity index (χ0v) is 27.3. The predicted octanol–water partition coefficient (Wildman–Crippen LogP) is 9.32. The molecule has 4 aromatic carbocycles. The SMILES string of the molecule is C[n+]1c2ccccc2c(-c2ccc(NCCOCCOCCOc3ccc(CCCO)cc3)cc2)c2ccccc21.F[P-](F)(F)(F)(F)F. The summed E-state index contributed by atoms with van der Waals surface area (Å²) in [5.41, 5.74) is 7.19. The fourth-order valence-corrected chi connectivity index (χ4v) is 5.14. The van der Waals surface area contributed by atoms with E-state index in [-0.39, 0.29) is 6.61 Å². The molecule has 1 aromatic heterocycles. The first-order valence-corrected chi connectivity index (χ1v) is 17.4. The van der Waals surface area contributed by atoms with Crippen LogP contribution in [0.2, 0.25) is 0 Å². The molecule has 0 atom stereocenters. The molecular weight excluding hydrogens is 657 g/mol. The topological polar surface area (TPSA) is 63.8 Å². The van der Waals surface area contributed by atoms with Crippen LogP contribution in [0.3, 0.4) is 0 Å². The Morgan fingerprint density at radius 2 is 1.19 bits per heavy atom. The number of nitrogens with one attached hydrogen (secondary N) is 1. The molecule has 0 spiro atoms. The third-order valence-corrected chi connectivity index (χ3v) is 7.23. The molecule has 0 saturated carbocycles. The van der Waals surface area contributed by atoms with Gasteiger partial charge in [-0.3, -0.25) is 0 Å². The summed E-state index contributed by atoms with van der Waals surface area (Å²) >= 11 is 0. The van der Waals surface area contributed by atoms with Crippen molar-refractivity contribution in [2.45, 2.75) is 12.8 Å². The first-order chi connectivity index (χ1) is 22.7. The van der Waals surface area contributed by atoms with Crippen LogP contribution >= 0.6 is 7.81 Å². The zero-order valence-electron chi connectivity index (χ0n) is 26.4. The number of aromatic nitrogens is 1. The van der Waals surface area contributed by atoms with Crippen LogP contribution in [-0.2, 0) is 22.9 Å². The van der Waals surface area contributed by atoms with E-state index < -0.39 is 7.81 Å². The van der Waals surface area contributed by atoms with Crippen molar-refractivity contribution in [3.05, 3.63) is 103 Å². The van der Waals surface area contributed by atoms with Crippen LogP contribution in [0.1, 0.15) is 12.0 Å². The number of pyridine rings is 1. The molecule has 0 radical (unpaired) electrons. The van der Waals surface area contributed by atoms with E-state index in [0.29, 0.717) is 33.0 Å². The van der Waals surface area contributed by atoms with Gasteiger partial charge < -0.3 is 24.6 Å². The summed E-state index contributed by atoms with van der Waals surface area (Å²) in [4.78, 5) is 0. The molecule has 0 saturated heterocycles. The van der Waals surface area contributed by atoms with Gasteiger partial charge in [0, 0.05) is 36.5 Å². The van der Waals surface area contributed by atoms with E-state index in [1.54, 1.807) is 0 Å². The Morgan fingerprint density at radius 1 is 0.667 bits per heavy atom. The van der Waals surface area contributed by atoms with Crippen molar-refractivity contribution in [2.24, 2.45) is 7.05 Å². The summed E-state index contributed by atoms with van der Waals surface area (Å²) < 4.78 is 78.5. The van der Waals surface area contributed by atoms with Crippen LogP contribution in [-0.4, -0.2) is 51.3 Å². The van der Waals surface area contributed by atoms with E-state index in [0.717, 1.165) is 30.8 Å². The Balaban J connectivity index is 0.000000671. The number of aryl methyl sites for hydroxylation is 2. The van der Waals surface area contributed by atoms with E-state index in [2.05, 4.69) is 89.7 Å². The normalized spacial score (nSPS) is 13.0. The Bertz CT molecular complexity index is 1700. The number of aliphatic hydroxyl groups is 1. The molecule has 0 fully saturated rings. The fraction of sp³-hybridized carbons (Fsp3) is 0.286. The van der Waals surface area contributed by atoms with Gasteiger partial charge in [0.1, 0.15) is 19.4 Å². The quantitative estimate of drug-likeness (QED) is 0.0376. The average molecular weight is 697 g/mol. The van der Waals surface area contributed by atoms with Crippen LogP contribution < -0.4 is 14.6 Å². The second kappa shape index (κ2) is 15.5. The van der Waals surface area contributed by atoms with Crippen molar-refractivity contribution < 1.29 is 49.1 Å². The summed E-state index contributed by atoms with van der Waals surface area (Å²) in [7, 11) is -8.52. The van der Waals surface area contributed by atoms with Gasteiger partial charge >= 0.3 is 33.0 Å². The summed E-state index contributed by atoms with van der Waals surface area (Å²) in [5, 5.41) is 14.9. The molecule has 48 heavy (non-hydrogen) atoms. The van der Waals surface area contributed by atoms with Crippen LogP contribution in [0.4, 0.5) is 30.9 Å². The maximum atomic E-state index is 9.87. The molecule has 5 aromatic rings. The first kappa shape index (κ1) is 36.9. The average Bonchev–Trinajstić information content (AvgIpc) is 3.04. The number of aliphatic hydroxyl groups excluding tert-OH is 1. The van der Waals surface area contributed by atoms with Gasteiger partial charge in [0.15, 0.2) is 0 Å². The number of rotatable bonds is 15. The molecule has 0 amide bonds. The molecule has 13 heteroatoms. The Kier molecular flexibility index (Phi) is 11.9. The third kappa shape index (κ3) is 12.6. The van der Waals surface area contributed by atoms with Crippen LogP contribution in [0, 0.1) is 0 Å². The molecule has 6 nitrogen and oxygen atoms in total. The number of hydrogen-bond acceptors (Lipinski definition) is 5. The molecule has 0 unspecified atom stereocenters. The van der Waals surface area contributed by atoms with Crippen molar-refractivity contribution in [3.63, 3.8) is 0 Å². The molecule has 2 N–H and O–H groups in total. The number of benzene rings is 4. The van der Waals surface area contributed by atoms with E-state index >= 15 is 0 Å². The second-order valence-electron chi connectivity index (χ2n) is 11.0.